The van der Waals surface area contributed by atoms with Crippen LogP contribution in [0.2, 0.25) is 13.1 Å². The number of thioether (sulfide) groups is 1. The van der Waals surface area contributed by atoms with Crippen LogP contribution in [0, 0.1) is 0 Å². The first kappa shape index (κ1) is 16.2. The van der Waals surface area contributed by atoms with Crippen LogP contribution < -0.4 is 10.1 Å². The lowest BCUT2D eigenvalue weighted by atomic mass is 10.3. The second kappa shape index (κ2) is 7.19. The Hall–Kier alpha value is -1.19. The third-order valence-corrected chi connectivity index (χ3v) is 7.77. The van der Waals surface area contributed by atoms with Crippen molar-refractivity contribution in [2.75, 3.05) is 23.9 Å². The molecule has 0 aliphatic heterocycles. The molecule has 0 saturated heterocycles. The van der Waals surface area contributed by atoms with Crippen LogP contribution in [-0.4, -0.2) is 27.0 Å². The SMILES string of the molecule is CCN(C[Si](C)(C)c1ccc(SC)cc1)c1ccccc1. The lowest BCUT2D eigenvalue weighted by molar-refractivity contribution is 0.926. The monoisotopic (exact) mass is 315 g/mol. The van der Waals surface area contributed by atoms with Crippen LogP contribution in [-0.2, 0) is 0 Å². The van der Waals surface area contributed by atoms with Crippen molar-refractivity contribution in [2.24, 2.45) is 0 Å². The van der Waals surface area contributed by atoms with Gasteiger partial charge in [-0.2, -0.15) is 0 Å². The molecule has 3 heteroatoms. The van der Waals surface area contributed by atoms with Crippen LogP contribution in [0.15, 0.2) is 59.5 Å². The molecule has 0 saturated carbocycles. The number of rotatable bonds is 6. The Bertz CT molecular complexity index is 551. The van der Waals surface area contributed by atoms with Gasteiger partial charge in [0, 0.05) is 23.3 Å². The van der Waals surface area contributed by atoms with Gasteiger partial charge in [-0.15, -0.1) is 11.8 Å². The fourth-order valence-corrected chi connectivity index (χ4v) is 5.66. The summed E-state index contributed by atoms with van der Waals surface area (Å²) in [5.41, 5.74) is 1.33. The molecule has 0 unspecified atom stereocenters. The smallest absolute Gasteiger partial charge is 0.101 e. The molecule has 0 aliphatic rings. The first-order valence-electron chi connectivity index (χ1n) is 7.51. The molecule has 1 nitrogen and oxygen atoms in total. The van der Waals surface area contributed by atoms with Gasteiger partial charge in [0.15, 0.2) is 0 Å². The molecule has 0 radical (unpaired) electrons. The molecule has 112 valence electrons. The molecule has 0 aromatic heterocycles. The highest BCUT2D eigenvalue weighted by molar-refractivity contribution is 7.98. The van der Waals surface area contributed by atoms with E-state index < -0.39 is 8.07 Å². The molecule has 0 N–H and O–H groups in total. The summed E-state index contributed by atoms with van der Waals surface area (Å²) in [4.78, 5) is 3.85. The molecule has 0 aliphatic carbocycles. The lowest BCUT2D eigenvalue weighted by Crippen LogP contribution is -2.52. The summed E-state index contributed by atoms with van der Waals surface area (Å²) < 4.78 is 0. The van der Waals surface area contributed by atoms with E-state index in [0.717, 1.165) is 12.7 Å². The van der Waals surface area contributed by atoms with Gasteiger partial charge in [-0.3, -0.25) is 0 Å². The minimum Gasteiger partial charge on any atom is -0.374 e. The zero-order valence-electron chi connectivity index (χ0n) is 13.5. The summed E-state index contributed by atoms with van der Waals surface area (Å²) in [6, 6.07) is 19.9. The lowest BCUT2D eigenvalue weighted by Gasteiger charge is -2.32. The van der Waals surface area contributed by atoms with Gasteiger partial charge in [0.25, 0.3) is 0 Å². The van der Waals surface area contributed by atoms with Crippen molar-refractivity contribution in [3.63, 3.8) is 0 Å². The first-order chi connectivity index (χ1) is 10.1. The molecule has 0 atom stereocenters. The highest BCUT2D eigenvalue weighted by atomic mass is 32.2. The molecule has 0 fully saturated rings. The van der Waals surface area contributed by atoms with Crippen molar-refractivity contribution < 1.29 is 0 Å². The number of anilines is 1. The quantitative estimate of drug-likeness (QED) is 0.574. The Kier molecular flexibility index (Phi) is 5.54. The van der Waals surface area contributed by atoms with Gasteiger partial charge in [0.1, 0.15) is 8.07 Å². The normalized spacial score (nSPS) is 11.4. The molecule has 0 spiro atoms. The van der Waals surface area contributed by atoms with Crippen molar-refractivity contribution in [3.05, 3.63) is 54.6 Å². The van der Waals surface area contributed by atoms with Crippen LogP contribution in [0.1, 0.15) is 6.92 Å². The average molecular weight is 316 g/mol. The predicted octanol–water partition coefficient (Wildman–Crippen LogP) is 4.39. The summed E-state index contributed by atoms with van der Waals surface area (Å²) in [6.07, 6.45) is 3.29. The predicted molar refractivity (Wildman–Crippen MR) is 99.7 cm³/mol. The summed E-state index contributed by atoms with van der Waals surface area (Å²) >= 11 is 1.81. The second-order valence-corrected chi connectivity index (χ2v) is 11.5. The standard InChI is InChI=1S/C18H25NSSi/c1-5-19(16-9-7-6-8-10-16)15-21(3,4)18-13-11-17(20-2)12-14-18/h6-14H,5,15H2,1-4H3. The van der Waals surface area contributed by atoms with E-state index in [-0.39, 0.29) is 0 Å². The molecule has 0 heterocycles. The van der Waals surface area contributed by atoms with E-state index in [0.29, 0.717) is 0 Å². The number of hydrogen-bond acceptors (Lipinski definition) is 2. The zero-order chi connectivity index (χ0) is 15.3. The molecular weight excluding hydrogens is 290 g/mol. The minimum atomic E-state index is -1.47. The number of para-hydroxylation sites is 1. The molecule has 0 amide bonds. The van der Waals surface area contributed by atoms with Gasteiger partial charge in [0.05, 0.1) is 0 Å². The largest absolute Gasteiger partial charge is 0.374 e. The minimum absolute atomic E-state index is 1.06. The summed E-state index contributed by atoms with van der Waals surface area (Å²) in [5, 5.41) is 1.54. The maximum absolute atomic E-state index is 2.51. The molecule has 21 heavy (non-hydrogen) atoms. The summed E-state index contributed by atoms with van der Waals surface area (Å²) in [7, 11) is -1.47. The highest BCUT2D eigenvalue weighted by Crippen LogP contribution is 2.18. The van der Waals surface area contributed by atoms with E-state index >= 15 is 0 Å². The van der Waals surface area contributed by atoms with Gasteiger partial charge in [-0.05, 0) is 37.4 Å². The number of benzene rings is 2. The molecule has 0 bridgehead atoms. The first-order valence-corrected chi connectivity index (χ1v) is 11.9. The van der Waals surface area contributed by atoms with E-state index in [4.69, 9.17) is 0 Å². The van der Waals surface area contributed by atoms with Gasteiger partial charge >= 0.3 is 0 Å². The fraction of sp³-hybridized carbons (Fsp3) is 0.333. The Labute approximate surface area is 134 Å². The van der Waals surface area contributed by atoms with E-state index in [9.17, 15) is 0 Å². The number of hydrogen-bond donors (Lipinski definition) is 0. The van der Waals surface area contributed by atoms with Crippen LogP contribution in [0.4, 0.5) is 5.69 Å². The zero-order valence-corrected chi connectivity index (χ0v) is 15.3. The third-order valence-electron chi connectivity index (χ3n) is 3.96. The van der Waals surface area contributed by atoms with Gasteiger partial charge < -0.3 is 4.90 Å². The van der Waals surface area contributed by atoms with Crippen molar-refractivity contribution in [2.45, 2.75) is 24.9 Å². The molecule has 2 aromatic rings. The fourth-order valence-electron chi connectivity index (χ4n) is 2.64. The average Bonchev–Trinajstić information content (AvgIpc) is 2.53. The van der Waals surface area contributed by atoms with Crippen molar-refractivity contribution >= 4 is 30.7 Å². The number of nitrogens with zero attached hydrogens (tertiary/aromatic N) is 1. The van der Waals surface area contributed by atoms with Crippen molar-refractivity contribution in [1.82, 2.24) is 0 Å². The van der Waals surface area contributed by atoms with E-state index in [1.54, 1.807) is 0 Å². The van der Waals surface area contributed by atoms with Gasteiger partial charge in [-0.25, -0.2) is 0 Å². The molecule has 2 rings (SSSR count). The van der Waals surface area contributed by atoms with Crippen LogP contribution >= 0.6 is 11.8 Å². The van der Waals surface area contributed by atoms with Crippen LogP contribution in [0.5, 0.6) is 0 Å². The maximum Gasteiger partial charge on any atom is 0.101 e. The Morgan fingerprint density at radius 2 is 1.57 bits per heavy atom. The Morgan fingerprint density at radius 3 is 2.10 bits per heavy atom. The molecular formula is C18H25NSSi. The summed E-state index contributed by atoms with van der Waals surface area (Å²) in [5.74, 6) is 0. The van der Waals surface area contributed by atoms with Crippen LogP contribution in [0.25, 0.3) is 0 Å². The van der Waals surface area contributed by atoms with Gasteiger partial charge in [-0.1, -0.05) is 48.6 Å². The Morgan fingerprint density at radius 1 is 0.952 bits per heavy atom. The van der Waals surface area contributed by atoms with E-state index in [2.05, 4.69) is 85.8 Å². The highest BCUT2D eigenvalue weighted by Gasteiger charge is 2.26. The second-order valence-electron chi connectivity index (χ2n) is 5.96. The third kappa shape index (κ3) is 4.14. The van der Waals surface area contributed by atoms with Crippen molar-refractivity contribution in [1.29, 1.82) is 0 Å². The summed E-state index contributed by atoms with van der Waals surface area (Å²) in [6.45, 7) is 8.23. The van der Waals surface area contributed by atoms with Crippen LogP contribution in [0.3, 0.4) is 0 Å². The van der Waals surface area contributed by atoms with E-state index in [1.165, 1.54) is 15.8 Å². The maximum atomic E-state index is 2.51. The van der Waals surface area contributed by atoms with Crippen molar-refractivity contribution in [3.8, 4) is 0 Å². The van der Waals surface area contributed by atoms with Gasteiger partial charge in [0.2, 0.25) is 0 Å². The molecule has 2 aromatic carbocycles. The topological polar surface area (TPSA) is 3.24 Å². The Balaban J connectivity index is 2.18. The van der Waals surface area contributed by atoms with E-state index in [1.807, 2.05) is 11.8 Å².